The first-order chi connectivity index (χ1) is 13.8. The maximum atomic E-state index is 12.5. The SMILES string of the molecule is Cc1ccc2ncc(-c3cccc(C4CCCN(C(=O)OC(C)(C)C)C4)n3)n2c1. The Morgan fingerprint density at radius 1 is 1.21 bits per heavy atom. The minimum atomic E-state index is -0.483. The Morgan fingerprint density at radius 2 is 2.03 bits per heavy atom. The topological polar surface area (TPSA) is 59.7 Å². The van der Waals surface area contributed by atoms with Gasteiger partial charge in [-0.15, -0.1) is 0 Å². The third-order valence-electron chi connectivity index (χ3n) is 5.18. The summed E-state index contributed by atoms with van der Waals surface area (Å²) in [5, 5.41) is 0. The summed E-state index contributed by atoms with van der Waals surface area (Å²) in [5.74, 6) is 0.206. The molecule has 4 rings (SSSR count). The molecule has 0 spiro atoms. The summed E-state index contributed by atoms with van der Waals surface area (Å²) in [5.41, 5.74) is 4.49. The number of hydrogen-bond acceptors (Lipinski definition) is 4. The van der Waals surface area contributed by atoms with Crippen molar-refractivity contribution in [2.75, 3.05) is 13.1 Å². The van der Waals surface area contributed by atoms with Gasteiger partial charge in [-0.25, -0.2) is 9.78 Å². The maximum absolute atomic E-state index is 12.5. The number of carbonyl (C=O) groups excluding carboxylic acids is 1. The summed E-state index contributed by atoms with van der Waals surface area (Å²) >= 11 is 0. The average Bonchev–Trinajstić information content (AvgIpc) is 3.10. The van der Waals surface area contributed by atoms with Gasteiger partial charge < -0.3 is 9.64 Å². The summed E-state index contributed by atoms with van der Waals surface area (Å²) in [4.78, 5) is 23.8. The van der Waals surface area contributed by atoms with E-state index in [4.69, 9.17) is 9.72 Å². The highest BCUT2D eigenvalue weighted by Crippen LogP contribution is 2.29. The van der Waals surface area contributed by atoms with Crippen molar-refractivity contribution in [3.05, 3.63) is 54.0 Å². The molecule has 6 nitrogen and oxygen atoms in total. The molecular formula is C23H28N4O2. The molecule has 3 aromatic rings. The molecule has 1 amide bonds. The normalized spacial score (nSPS) is 17.5. The highest BCUT2D eigenvalue weighted by atomic mass is 16.6. The van der Waals surface area contributed by atoms with Crippen molar-refractivity contribution in [2.45, 2.75) is 52.1 Å². The first kappa shape index (κ1) is 19.4. The second-order valence-corrected chi connectivity index (χ2v) is 8.79. The van der Waals surface area contributed by atoms with E-state index in [0.717, 1.165) is 42.1 Å². The van der Waals surface area contributed by atoms with Crippen molar-refractivity contribution in [1.82, 2.24) is 19.3 Å². The number of imidazole rings is 1. The van der Waals surface area contributed by atoms with Crippen molar-refractivity contribution in [2.24, 2.45) is 0 Å². The molecule has 1 aliphatic rings. The van der Waals surface area contributed by atoms with Gasteiger partial charge in [-0.05, 0) is 64.3 Å². The van der Waals surface area contributed by atoms with Crippen LogP contribution in [0.25, 0.3) is 17.0 Å². The molecule has 1 fully saturated rings. The molecule has 4 heterocycles. The predicted molar refractivity (Wildman–Crippen MR) is 113 cm³/mol. The van der Waals surface area contributed by atoms with Crippen LogP contribution in [0.4, 0.5) is 4.79 Å². The van der Waals surface area contributed by atoms with E-state index in [0.29, 0.717) is 6.54 Å². The van der Waals surface area contributed by atoms with Gasteiger partial charge in [-0.3, -0.25) is 9.38 Å². The van der Waals surface area contributed by atoms with Crippen LogP contribution in [0.3, 0.4) is 0 Å². The summed E-state index contributed by atoms with van der Waals surface area (Å²) < 4.78 is 7.64. The fourth-order valence-corrected chi connectivity index (χ4v) is 3.81. The Labute approximate surface area is 171 Å². The van der Waals surface area contributed by atoms with E-state index in [9.17, 15) is 4.79 Å². The lowest BCUT2D eigenvalue weighted by Gasteiger charge is -2.34. The third kappa shape index (κ3) is 4.26. The number of piperidine rings is 1. The number of fused-ring (bicyclic) bond motifs is 1. The van der Waals surface area contributed by atoms with E-state index < -0.39 is 5.60 Å². The van der Waals surface area contributed by atoms with E-state index in [1.165, 1.54) is 5.56 Å². The zero-order valence-electron chi connectivity index (χ0n) is 17.6. The molecule has 0 aliphatic carbocycles. The molecule has 0 aromatic carbocycles. The zero-order chi connectivity index (χ0) is 20.6. The van der Waals surface area contributed by atoms with Crippen molar-refractivity contribution in [3.63, 3.8) is 0 Å². The van der Waals surface area contributed by atoms with Crippen LogP contribution in [0, 0.1) is 6.92 Å². The first-order valence-corrected chi connectivity index (χ1v) is 10.2. The van der Waals surface area contributed by atoms with Gasteiger partial charge in [0.1, 0.15) is 11.2 Å². The fourth-order valence-electron chi connectivity index (χ4n) is 3.81. The van der Waals surface area contributed by atoms with Gasteiger partial charge in [0.25, 0.3) is 0 Å². The highest BCUT2D eigenvalue weighted by Gasteiger charge is 2.29. The summed E-state index contributed by atoms with van der Waals surface area (Å²) in [6.45, 7) is 9.13. The summed E-state index contributed by atoms with van der Waals surface area (Å²) in [6.07, 6.45) is 5.67. The second-order valence-electron chi connectivity index (χ2n) is 8.79. The van der Waals surface area contributed by atoms with Gasteiger partial charge in [0.05, 0.1) is 17.6 Å². The van der Waals surface area contributed by atoms with E-state index >= 15 is 0 Å². The number of rotatable bonds is 2. The Morgan fingerprint density at radius 3 is 2.83 bits per heavy atom. The number of hydrogen-bond donors (Lipinski definition) is 0. The molecule has 1 atom stereocenters. The van der Waals surface area contributed by atoms with Gasteiger partial charge in [0, 0.05) is 30.9 Å². The van der Waals surface area contributed by atoms with E-state index in [2.05, 4.69) is 34.6 Å². The van der Waals surface area contributed by atoms with E-state index in [1.54, 1.807) is 0 Å². The fraction of sp³-hybridized carbons (Fsp3) is 0.435. The lowest BCUT2D eigenvalue weighted by molar-refractivity contribution is 0.0197. The number of likely N-dealkylation sites (tertiary alicyclic amines) is 1. The molecule has 0 N–H and O–H groups in total. The second kappa shape index (κ2) is 7.50. The molecule has 1 saturated heterocycles. The Hall–Kier alpha value is -2.89. The van der Waals surface area contributed by atoms with E-state index in [-0.39, 0.29) is 12.0 Å². The molecule has 152 valence electrons. The molecular weight excluding hydrogens is 364 g/mol. The van der Waals surface area contributed by atoms with Gasteiger partial charge in [0.2, 0.25) is 0 Å². The average molecular weight is 393 g/mol. The van der Waals surface area contributed by atoms with Gasteiger partial charge in [0.15, 0.2) is 0 Å². The van der Waals surface area contributed by atoms with Crippen LogP contribution in [0.2, 0.25) is 0 Å². The number of amides is 1. The summed E-state index contributed by atoms with van der Waals surface area (Å²) in [6, 6.07) is 10.2. The molecule has 1 aliphatic heterocycles. The van der Waals surface area contributed by atoms with Gasteiger partial charge >= 0.3 is 6.09 Å². The largest absolute Gasteiger partial charge is 0.444 e. The molecule has 0 radical (unpaired) electrons. The molecule has 6 heteroatoms. The van der Waals surface area contributed by atoms with Gasteiger partial charge in [-0.2, -0.15) is 0 Å². The van der Waals surface area contributed by atoms with Crippen LogP contribution in [-0.4, -0.2) is 44.1 Å². The van der Waals surface area contributed by atoms with Crippen molar-refractivity contribution < 1.29 is 9.53 Å². The molecule has 1 unspecified atom stereocenters. The van der Waals surface area contributed by atoms with Crippen LogP contribution in [-0.2, 0) is 4.74 Å². The zero-order valence-corrected chi connectivity index (χ0v) is 17.6. The molecule has 0 saturated carbocycles. The number of carbonyl (C=O) groups is 1. The number of pyridine rings is 2. The Kier molecular flexibility index (Phi) is 5.03. The minimum Gasteiger partial charge on any atom is -0.444 e. The standard InChI is InChI=1S/C23H28N4O2/c1-16-10-11-21-24-13-20(27(21)14-16)19-9-5-8-18(25-19)17-7-6-12-26(15-17)22(28)29-23(2,3)4/h5,8-11,13-14,17H,6-7,12,15H2,1-4H3. The first-order valence-electron chi connectivity index (χ1n) is 10.2. The Bertz CT molecular complexity index is 1030. The van der Waals surface area contributed by atoms with Crippen molar-refractivity contribution in [1.29, 1.82) is 0 Å². The molecule has 0 bridgehead atoms. The third-order valence-corrected chi connectivity index (χ3v) is 5.18. The lowest BCUT2D eigenvalue weighted by Crippen LogP contribution is -2.42. The molecule has 29 heavy (non-hydrogen) atoms. The van der Waals surface area contributed by atoms with Crippen LogP contribution in [0.1, 0.15) is 50.8 Å². The number of nitrogens with zero attached hydrogens (tertiary/aromatic N) is 4. The quantitative estimate of drug-likeness (QED) is 0.627. The number of aromatic nitrogens is 3. The van der Waals surface area contributed by atoms with Crippen molar-refractivity contribution >= 4 is 11.7 Å². The van der Waals surface area contributed by atoms with Crippen molar-refractivity contribution in [3.8, 4) is 11.4 Å². The Balaban J connectivity index is 1.58. The lowest BCUT2D eigenvalue weighted by atomic mass is 9.94. The van der Waals surface area contributed by atoms with Crippen LogP contribution < -0.4 is 0 Å². The monoisotopic (exact) mass is 392 g/mol. The minimum absolute atomic E-state index is 0.206. The number of ether oxygens (including phenoxy) is 1. The van der Waals surface area contributed by atoms with Crippen LogP contribution in [0.5, 0.6) is 0 Å². The maximum Gasteiger partial charge on any atom is 0.410 e. The van der Waals surface area contributed by atoms with E-state index in [1.807, 2.05) is 50.1 Å². The van der Waals surface area contributed by atoms with Crippen LogP contribution in [0.15, 0.2) is 42.7 Å². The summed E-state index contributed by atoms with van der Waals surface area (Å²) in [7, 11) is 0. The molecule has 3 aromatic heterocycles. The smallest absolute Gasteiger partial charge is 0.410 e. The van der Waals surface area contributed by atoms with Crippen LogP contribution >= 0.6 is 0 Å². The highest BCUT2D eigenvalue weighted by molar-refractivity contribution is 5.68. The number of aryl methyl sites for hydroxylation is 1. The van der Waals surface area contributed by atoms with Gasteiger partial charge in [-0.1, -0.05) is 12.1 Å². The predicted octanol–water partition coefficient (Wildman–Crippen LogP) is 4.82.